The summed E-state index contributed by atoms with van der Waals surface area (Å²) < 4.78 is 7.73. The zero-order valence-electron chi connectivity index (χ0n) is 11.6. The van der Waals surface area contributed by atoms with Crippen LogP contribution in [0.15, 0.2) is 6.07 Å². The van der Waals surface area contributed by atoms with E-state index in [0.717, 1.165) is 39.1 Å². The monoisotopic (exact) mass is 251 g/mol. The van der Waals surface area contributed by atoms with Gasteiger partial charge in [0.15, 0.2) is 0 Å². The van der Waals surface area contributed by atoms with Gasteiger partial charge in [-0.3, -0.25) is 4.68 Å². The molecule has 0 radical (unpaired) electrons. The first-order valence-corrected chi connectivity index (χ1v) is 7.21. The summed E-state index contributed by atoms with van der Waals surface area (Å²) in [6.07, 6.45) is 4.92. The van der Waals surface area contributed by atoms with E-state index in [0.29, 0.717) is 6.10 Å². The smallest absolute Gasteiger partial charge is 0.0700 e. The molecular formula is C14H25N3O. The van der Waals surface area contributed by atoms with E-state index in [4.69, 9.17) is 4.74 Å². The fourth-order valence-corrected chi connectivity index (χ4v) is 2.42. The van der Waals surface area contributed by atoms with Crippen LogP contribution < -0.4 is 5.32 Å². The molecule has 102 valence electrons. The van der Waals surface area contributed by atoms with Crippen LogP contribution in [-0.2, 0) is 24.1 Å². The molecule has 0 aromatic carbocycles. The minimum absolute atomic E-state index is 0.430. The van der Waals surface area contributed by atoms with Crippen molar-refractivity contribution in [3.8, 4) is 0 Å². The largest absolute Gasteiger partial charge is 0.377 e. The maximum absolute atomic E-state index is 5.59. The molecule has 4 nitrogen and oxygen atoms in total. The highest BCUT2D eigenvalue weighted by Crippen LogP contribution is 2.10. The Kier molecular flexibility index (Phi) is 5.20. The lowest BCUT2D eigenvalue weighted by Crippen LogP contribution is -2.29. The zero-order valence-corrected chi connectivity index (χ0v) is 11.6. The molecule has 1 aromatic rings. The van der Waals surface area contributed by atoms with Gasteiger partial charge < -0.3 is 10.1 Å². The predicted molar refractivity (Wildman–Crippen MR) is 72.8 cm³/mol. The molecule has 0 bridgehead atoms. The molecule has 1 aromatic heterocycles. The molecule has 0 aliphatic carbocycles. The van der Waals surface area contributed by atoms with E-state index in [1.807, 2.05) is 0 Å². The van der Waals surface area contributed by atoms with Gasteiger partial charge in [0, 0.05) is 25.4 Å². The van der Waals surface area contributed by atoms with Crippen LogP contribution in [0.4, 0.5) is 0 Å². The predicted octanol–water partition coefficient (Wildman–Crippen LogP) is 1.78. The van der Waals surface area contributed by atoms with Crippen molar-refractivity contribution in [1.82, 2.24) is 15.1 Å². The molecular weight excluding hydrogens is 226 g/mol. The summed E-state index contributed by atoms with van der Waals surface area (Å²) in [5.41, 5.74) is 2.54. The summed E-state index contributed by atoms with van der Waals surface area (Å²) in [5.74, 6) is 0. The molecule has 1 aliphatic heterocycles. The van der Waals surface area contributed by atoms with Crippen LogP contribution in [-0.4, -0.2) is 35.6 Å². The van der Waals surface area contributed by atoms with E-state index in [1.54, 1.807) is 0 Å². The average molecular weight is 251 g/mol. The lowest BCUT2D eigenvalue weighted by atomic mass is 10.2. The van der Waals surface area contributed by atoms with Gasteiger partial charge in [-0.25, -0.2) is 0 Å². The number of ether oxygens (including phenoxy) is 1. The summed E-state index contributed by atoms with van der Waals surface area (Å²) in [6.45, 7) is 8.18. The molecule has 1 unspecified atom stereocenters. The third-order valence-electron chi connectivity index (χ3n) is 3.53. The van der Waals surface area contributed by atoms with Crippen LogP contribution >= 0.6 is 0 Å². The quantitative estimate of drug-likeness (QED) is 0.751. The van der Waals surface area contributed by atoms with E-state index >= 15 is 0 Å². The summed E-state index contributed by atoms with van der Waals surface area (Å²) in [6, 6.07) is 2.22. The Hall–Kier alpha value is -0.870. The molecule has 1 N–H and O–H groups in total. The van der Waals surface area contributed by atoms with Gasteiger partial charge in [0.1, 0.15) is 0 Å². The first kappa shape index (κ1) is 13.6. The molecule has 2 heterocycles. The second kappa shape index (κ2) is 6.90. The highest BCUT2D eigenvalue weighted by Gasteiger charge is 2.14. The normalized spacial score (nSPS) is 19.6. The Morgan fingerprint density at radius 3 is 3.00 bits per heavy atom. The molecule has 1 fully saturated rings. The molecule has 2 rings (SSSR count). The van der Waals surface area contributed by atoms with Gasteiger partial charge in [0.05, 0.1) is 18.3 Å². The second-order valence-electron chi connectivity index (χ2n) is 4.90. The van der Waals surface area contributed by atoms with Crippen molar-refractivity contribution in [1.29, 1.82) is 0 Å². The molecule has 1 aliphatic rings. The SMILES string of the molecule is CCc1cc(CC)n(CCNCC2CCCO2)n1. The van der Waals surface area contributed by atoms with Crippen molar-refractivity contribution in [3.63, 3.8) is 0 Å². The summed E-state index contributed by atoms with van der Waals surface area (Å²) in [5, 5.41) is 8.08. The maximum Gasteiger partial charge on any atom is 0.0700 e. The van der Waals surface area contributed by atoms with Crippen molar-refractivity contribution >= 4 is 0 Å². The van der Waals surface area contributed by atoms with Gasteiger partial charge >= 0.3 is 0 Å². The molecule has 18 heavy (non-hydrogen) atoms. The first-order chi connectivity index (χ1) is 8.83. The Morgan fingerprint density at radius 1 is 1.44 bits per heavy atom. The molecule has 0 spiro atoms. The standard InChI is InChI=1S/C14H25N3O/c1-3-12-10-13(4-2)17(16-12)8-7-15-11-14-6-5-9-18-14/h10,14-15H,3-9,11H2,1-2H3. The number of hydrogen-bond acceptors (Lipinski definition) is 3. The average Bonchev–Trinajstić information content (AvgIpc) is 3.03. The highest BCUT2D eigenvalue weighted by molar-refractivity contribution is 5.10. The van der Waals surface area contributed by atoms with Gasteiger partial charge in [0.25, 0.3) is 0 Å². The molecule has 0 saturated carbocycles. The van der Waals surface area contributed by atoms with Gasteiger partial charge in [-0.1, -0.05) is 13.8 Å². The third-order valence-corrected chi connectivity index (χ3v) is 3.53. The van der Waals surface area contributed by atoms with Crippen LogP contribution in [0.3, 0.4) is 0 Å². The molecule has 1 saturated heterocycles. The van der Waals surface area contributed by atoms with Crippen LogP contribution in [0, 0.1) is 0 Å². The number of aryl methyl sites for hydroxylation is 2. The van der Waals surface area contributed by atoms with Gasteiger partial charge in [-0.05, 0) is 31.7 Å². The molecule has 1 atom stereocenters. The highest BCUT2D eigenvalue weighted by atomic mass is 16.5. The second-order valence-corrected chi connectivity index (χ2v) is 4.90. The lowest BCUT2D eigenvalue weighted by Gasteiger charge is -2.11. The Labute approximate surface area is 110 Å². The van der Waals surface area contributed by atoms with E-state index in [-0.39, 0.29) is 0 Å². The number of aromatic nitrogens is 2. The summed E-state index contributed by atoms with van der Waals surface area (Å²) in [7, 11) is 0. The maximum atomic E-state index is 5.59. The number of rotatable bonds is 7. The van der Waals surface area contributed by atoms with Gasteiger partial charge in [-0.15, -0.1) is 0 Å². The zero-order chi connectivity index (χ0) is 12.8. The van der Waals surface area contributed by atoms with Gasteiger partial charge in [0.2, 0.25) is 0 Å². The van der Waals surface area contributed by atoms with Crippen molar-refractivity contribution < 1.29 is 4.74 Å². The Morgan fingerprint density at radius 2 is 2.33 bits per heavy atom. The van der Waals surface area contributed by atoms with E-state index in [2.05, 4.69) is 35.0 Å². The fraction of sp³-hybridized carbons (Fsp3) is 0.786. The Bertz CT molecular complexity index is 356. The van der Waals surface area contributed by atoms with E-state index < -0.39 is 0 Å². The van der Waals surface area contributed by atoms with Crippen LogP contribution in [0.25, 0.3) is 0 Å². The third kappa shape index (κ3) is 3.56. The van der Waals surface area contributed by atoms with Crippen molar-refractivity contribution in [2.24, 2.45) is 0 Å². The van der Waals surface area contributed by atoms with Crippen LogP contribution in [0.5, 0.6) is 0 Å². The fourth-order valence-electron chi connectivity index (χ4n) is 2.42. The van der Waals surface area contributed by atoms with Crippen molar-refractivity contribution in [3.05, 3.63) is 17.5 Å². The van der Waals surface area contributed by atoms with Crippen LogP contribution in [0.2, 0.25) is 0 Å². The van der Waals surface area contributed by atoms with E-state index in [1.165, 1.54) is 24.2 Å². The number of nitrogens with zero attached hydrogens (tertiary/aromatic N) is 2. The topological polar surface area (TPSA) is 39.1 Å². The minimum Gasteiger partial charge on any atom is -0.377 e. The van der Waals surface area contributed by atoms with E-state index in [9.17, 15) is 0 Å². The van der Waals surface area contributed by atoms with Crippen molar-refractivity contribution in [2.75, 3.05) is 19.7 Å². The summed E-state index contributed by atoms with van der Waals surface area (Å²) in [4.78, 5) is 0. The minimum atomic E-state index is 0.430. The molecule has 4 heteroatoms. The summed E-state index contributed by atoms with van der Waals surface area (Å²) >= 11 is 0. The number of nitrogens with one attached hydrogen (secondary N) is 1. The van der Waals surface area contributed by atoms with Crippen LogP contribution in [0.1, 0.15) is 38.1 Å². The first-order valence-electron chi connectivity index (χ1n) is 7.21. The van der Waals surface area contributed by atoms with Gasteiger partial charge in [-0.2, -0.15) is 5.10 Å². The lowest BCUT2D eigenvalue weighted by molar-refractivity contribution is 0.110. The Balaban J connectivity index is 1.73. The number of hydrogen-bond donors (Lipinski definition) is 1. The van der Waals surface area contributed by atoms with Crippen molar-refractivity contribution in [2.45, 2.75) is 52.2 Å². The molecule has 0 amide bonds.